The lowest BCUT2D eigenvalue weighted by molar-refractivity contribution is -0.107. The predicted octanol–water partition coefficient (Wildman–Crippen LogP) is 1.57. The van der Waals surface area contributed by atoms with Gasteiger partial charge in [-0.3, -0.25) is 0 Å². The molecule has 1 aromatic carbocycles. The molecule has 0 aromatic heterocycles. The summed E-state index contributed by atoms with van der Waals surface area (Å²) in [7, 11) is 4.42. The van der Waals surface area contributed by atoms with Crippen LogP contribution in [0.3, 0.4) is 0 Å². The number of hydrogen-bond acceptors (Lipinski definition) is 4. The topological polar surface area (TPSA) is 55.6 Å². The van der Waals surface area contributed by atoms with Crippen molar-refractivity contribution in [3.63, 3.8) is 0 Å². The lowest BCUT2D eigenvalue weighted by atomic mass is 9.71. The van der Waals surface area contributed by atoms with Crippen molar-refractivity contribution < 1.29 is 13.9 Å². The molecule has 2 N–H and O–H groups in total. The number of likely N-dealkylation sites (tertiary alicyclic amines) is 1. The highest BCUT2D eigenvalue weighted by Gasteiger charge is 2.64. The molecule has 1 saturated carbocycles. The minimum atomic E-state index is -0.387. The number of carbonyl (C=O) groups excluding carboxylic acids is 1. The summed E-state index contributed by atoms with van der Waals surface area (Å²) in [5.41, 5.74) is 7.06. The highest BCUT2D eigenvalue weighted by molar-refractivity contribution is 6.19. The maximum atomic E-state index is 13.8. The van der Waals surface area contributed by atoms with E-state index in [1.807, 2.05) is 0 Å². The van der Waals surface area contributed by atoms with Crippen LogP contribution in [-0.4, -0.2) is 51.3 Å². The van der Waals surface area contributed by atoms with E-state index >= 15 is 0 Å². The van der Waals surface area contributed by atoms with E-state index in [0.717, 1.165) is 25.9 Å². The zero-order valence-corrected chi connectivity index (χ0v) is 15.3. The first kappa shape index (κ1) is 18.4. The molecule has 1 aliphatic carbocycles. The monoisotopic (exact) mass is 346 g/mol. The van der Waals surface area contributed by atoms with Gasteiger partial charge in [0.15, 0.2) is 0 Å². The van der Waals surface area contributed by atoms with Gasteiger partial charge >= 0.3 is 0 Å². The molecule has 2 unspecified atom stereocenters. The largest absolute Gasteiger partial charge is 0.493 e. The molecule has 2 atom stereocenters. The van der Waals surface area contributed by atoms with Crippen LogP contribution in [0.4, 0.5) is 4.39 Å². The molecule has 0 radical (unpaired) electrons. The summed E-state index contributed by atoms with van der Waals surface area (Å²) in [5.74, 6) is 0.716. The Morgan fingerprint density at radius 1 is 1.44 bits per heavy atom. The minimum absolute atomic E-state index is 0.0727. The second kappa shape index (κ2) is 7.08. The first-order chi connectivity index (χ1) is 11.9. The fourth-order valence-electron chi connectivity index (χ4n) is 4.35. The first-order valence-corrected chi connectivity index (χ1v) is 9.20. The van der Waals surface area contributed by atoms with E-state index in [4.69, 9.17) is 10.5 Å². The number of piperidine rings is 1. The number of hydrogen-bond donors (Lipinski definition) is 1. The average molecular weight is 346 g/mol. The van der Waals surface area contributed by atoms with Gasteiger partial charge in [0.2, 0.25) is 0 Å². The Hall–Kier alpha value is -1.40. The van der Waals surface area contributed by atoms with Crippen molar-refractivity contribution in [1.82, 2.24) is 4.90 Å². The van der Waals surface area contributed by atoms with Crippen molar-refractivity contribution in [3.8, 4) is 5.75 Å². The highest BCUT2D eigenvalue weighted by atomic mass is 19.1. The number of rotatable bonds is 7. The Kier molecular flexibility index (Phi) is 5.21. The van der Waals surface area contributed by atoms with E-state index in [2.05, 4.69) is 19.8 Å². The maximum absolute atomic E-state index is 13.8. The first-order valence-electron chi connectivity index (χ1n) is 9.20. The molecule has 4 nitrogen and oxygen atoms in total. The van der Waals surface area contributed by atoms with Crippen LogP contribution in [0.2, 0.25) is 5.31 Å². The minimum Gasteiger partial charge on any atom is -0.493 e. The molecule has 1 heterocycles. The van der Waals surface area contributed by atoms with E-state index in [0.29, 0.717) is 30.1 Å². The van der Waals surface area contributed by atoms with E-state index in [9.17, 15) is 9.18 Å². The van der Waals surface area contributed by atoms with Crippen LogP contribution in [-0.2, 0) is 11.2 Å². The van der Waals surface area contributed by atoms with Gasteiger partial charge in [0.1, 0.15) is 25.7 Å². The fourth-order valence-corrected chi connectivity index (χ4v) is 4.35. The summed E-state index contributed by atoms with van der Waals surface area (Å²) in [6, 6.07) is 4.70. The van der Waals surface area contributed by atoms with Crippen molar-refractivity contribution in [2.75, 3.05) is 26.7 Å². The summed E-state index contributed by atoms with van der Waals surface area (Å²) in [6.07, 6.45) is 5.07. The molecule has 2 fully saturated rings. The Bertz CT molecular complexity index is 636. The Balaban J connectivity index is 1.51. The zero-order chi connectivity index (χ0) is 18.1. The summed E-state index contributed by atoms with van der Waals surface area (Å²) in [6.45, 7) is 2.79. The number of carbonyl (C=O) groups is 1. The van der Waals surface area contributed by atoms with Crippen molar-refractivity contribution in [1.29, 1.82) is 0 Å². The van der Waals surface area contributed by atoms with Gasteiger partial charge < -0.3 is 20.2 Å². The van der Waals surface area contributed by atoms with Crippen molar-refractivity contribution >= 4 is 14.1 Å². The number of ether oxygens (including phenoxy) is 1. The smallest absolute Gasteiger partial charge is 0.130 e. The second-order valence-corrected chi connectivity index (χ2v) is 8.08. The average Bonchev–Trinajstić information content (AvgIpc) is 3.13. The fraction of sp³-hybridized carbons (Fsp3) is 0.632. The lowest BCUT2D eigenvalue weighted by Gasteiger charge is -2.35. The van der Waals surface area contributed by atoms with Gasteiger partial charge in [0.05, 0.1) is 6.61 Å². The summed E-state index contributed by atoms with van der Waals surface area (Å²) in [4.78, 5) is 12.9. The van der Waals surface area contributed by atoms with E-state index in [1.54, 1.807) is 12.1 Å². The third-order valence-corrected chi connectivity index (χ3v) is 6.38. The number of halogens is 1. The lowest BCUT2D eigenvalue weighted by Crippen LogP contribution is -2.43. The van der Waals surface area contributed by atoms with Crippen LogP contribution in [0.1, 0.15) is 31.2 Å². The normalized spacial score (nSPS) is 30.2. The molecule has 136 valence electrons. The standard InChI is InChI=1S/C19H28BFN2O2/c1-23-8-4-15(5-9-23)19(22)13-18(19,20)7-11-25-16-3-2-14(6-10-24)17(21)12-16/h2-3,10,12,15H,4-9,11,13,20,22H2,1H3. The quantitative estimate of drug-likeness (QED) is 0.602. The van der Waals surface area contributed by atoms with Gasteiger partial charge in [-0.05, 0) is 68.7 Å². The van der Waals surface area contributed by atoms with E-state index in [-0.39, 0.29) is 23.1 Å². The highest BCUT2D eigenvalue weighted by Crippen LogP contribution is 2.66. The van der Waals surface area contributed by atoms with Crippen molar-refractivity contribution in [2.24, 2.45) is 11.7 Å². The molecule has 2 aliphatic rings. The third kappa shape index (κ3) is 3.75. The van der Waals surface area contributed by atoms with Crippen LogP contribution in [0.15, 0.2) is 18.2 Å². The van der Waals surface area contributed by atoms with E-state index < -0.39 is 0 Å². The molecule has 1 aromatic rings. The molecular weight excluding hydrogens is 318 g/mol. The van der Waals surface area contributed by atoms with Gasteiger partial charge in [-0.25, -0.2) is 4.39 Å². The molecule has 1 aliphatic heterocycles. The van der Waals surface area contributed by atoms with Gasteiger partial charge in [-0.1, -0.05) is 6.07 Å². The number of nitrogens with two attached hydrogens (primary N) is 1. The third-order valence-electron chi connectivity index (χ3n) is 6.38. The van der Waals surface area contributed by atoms with Gasteiger partial charge in [0, 0.05) is 18.0 Å². The second-order valence-electron chi connectivity index (χ2n) is 8.08. The molecule has 25 heavy (non-hydrogen) atoms. The van der Waals surface area contributed by atoms with Gasteiger partial charge in [-0.2, -0.15) is 0 Å². The number of benzene rings is 1. The maximum Gasteiger partial charge on any atom is 0.130 e. The predicted molar refractivity (Wildman–Crippen MR) is 99.3 cm³/mol. The molecule has 1 saturated heterocycles. The zero-order valence-electron chi connectivity index (χ0n) is 15.3. The SMILES string of the molecule is BC1(CCOc2ccc(CC=O)c(F)c2)CC1(N)C1CCN(C)CC1. The number of aldehydes is 1. The van der Waals surface area contributed by atoms with Gasteiger partial charge in [0.25, 0.3) is 0 Å². The Morgan fingerprint density at radius 3 is 2.80 bits per heavy atom. The molecule has 0 spiro atoms. The molecule has 6 heteroatoms. The molecule has 3 rings (SSSR count). The van der Waals surface area contributed by atoms with Crippen molar-refractivity contribution in [2.45, 2.75) is 43.0 Å². The van der Waals surface area contributed by atoms with Crippen LogP contribution in [0, 0.1) is 11.7 Å². The Labute approximate surface area is 150 Å². The number of nitrogens with zero attached hydrogens (tertiary/aromatic N) is 1. The molecular formula is C19H28BFN2O2. The molecule has 0 bridgehead atoms. The van der Waals surface area contributed by atoms with Gasteiger partial charge in [-0.15, -0.1) is 0 Å². The van der Waals surface area contributed by atoms with Crippen molar-refractivity contribution in [3.05, 3.63) is 29.6 Å². The van der Waals surface area contributed by atoms with Crippen LogP contribution < -0.4 is 10.5 Å². The van der Waals surface area contributed by atoms with Crippen LogP contribution >= 0.6 is 0 Å². The molecule has 0 amide bonds. The van der Waals surface area contributed by atoms with Crippen LogP contribution in [0.25, 0.3) is 0 Å². The van der Waals surface area contributed by atoms with Crippen LogP contribution in [0.5, 0.6) is 5.75 Å². The van der Waals surface area contributed by atoms with E-state index in [1.165, 1.54) is 18.9 Å². The summed E-state index contributed by atoms with van der Waals surface area (Å²) >= 11 is 0. The summed E-state index contributed by atoms with van der Waals surface area (Å²) < 4.78 is 19.6. The summed E-state index contributed by atoms with van der Waals surface area (Å²) in [5, 5.41) is 0.115. The Morgan fingerprint density at radius 2 is 2.16 bits per heavy atom.